The number of hydrogen-bond donors (Lipinski definition) is 0. The van der Waals surface area contributed by atoms with Crippen LogP contribution < -0.4 is 0 Å². The molecule has 0 unspecified atom stereocenters. The normalized spacial score (nSPS) is 24.5. The van der Waals surface area contributed by atoms with Crippen LogP contribution in [-0.2, 0) is 18.3 Å². The van der Waals surface area contributed by atoms with E-state index in [2.05, 4.69) is 24.0 Å². The van der Waals surface area contributed by atoms with Crippen LogP contribution in [0.5, 0.6) is 0 Å². The molecule has 7 heteroatoms. The van der Waals surface area contributed by atoms with Gasteiger partial charge in [-0.05, 0) is 39.3 Å². The van der Waals surface area contributed by atoms with E-state index in [4.69, 9.17) is 0 Å². The number of piperazine rings is 1. The molecule has 0 bridgehead atoms. The van der Waals surface area contributed by atoms with E-state index in [-0.39, 0.29) is 17.4 Å². The lowest BCUT2D eigenvalue weighted by Gasteiger charge is -2.49. The van der Waals surface area contributed by atoms with E-state index < -0.39 is 0 Å². The Hall–Kier alpha value is -1.89. The number of carbonyl (C=O) groups is 2. The summed E-state index contributed by atoms with van der Waals surface area (Å²) < 4.78 is 1.72. The van der Waals surface area contributed by atoms with Crippen molar-refractivity contribution < 1.29 is 9.59 Å². The Bertz CT molecular complexity index is 701. The fraction of sp³-hybridized carbons (Fsp3) is 0.750. The van der Waals surface area contributed by atoms with Gasteiger partial charge in [-0.3, -0.25) is 19.2 Å². The van der Waals surface area contributed by atoms with Gasteiger partial charge in [0.1, 0.15) is 5.69 Å². The molecular formula is C20H33N5O2. The summed E-state index contributed by atoms with van der Waals surface area (Å²) in [5.74, 6) is 0.296. The molecule has 0 radical (unpaired) electrons. The quantitative estimate of drug-likeness (QED) is 0.801. The molecule has 2 fully saturated rings. The van der Waals surface area contributed by atoms with Crippen LogP contribution in [0.4, 0.5) is 0 Å². The molecule has 1 aromatic rings. The second-order valence-corrected chi connectivity index (χ2v) is 7.99. The van der Waals surface area contributed by atoms with Gasteiger partial charge in [0, 0.05) is 51.7 Å². The van der Waals surface area contributed by atoms with Gasteiger partial charge in [0.15, 0.2) is 0 Å². The molecule has 3 rings (SSSR count). The maximum atomic E-state index is 13.2. The van der Waals surface area contributed by atoms with Gasteiger partial charge in [-0.2, -0.15) is 5.10 Å². The highest BCUT2D eigenvalue weighted by molar-refractivity contribution is 5.93. The van der Waals surface area contributed by atoms with Crippen LogP contribution in [0.1, 0.15) is 55.7 Å². The van der Waals surface area contributed by atoms with E-state index in [0.29, 0.717) is 18.7 Å². The van der Waals surface area contributed by atoms with Crippen LogP contribution >= 0.6 is 0 Å². The van der Waals surface area contributed by atoms with Gasteiger partial charge in [-0.15, -0.1) is 0 Å². The number of hydrogen-bond acceptors (Lipinski definition) is 4. The largest absolute Gasteiger partial charge is 0.343 e. The Morgan fingerprint density at radius 2 is 1.96 bits per heavy atom. The smallest absolute Gasteiger partial charge is 0.272 e. The van der Waals surface area contributed by atoms with Crippen molar-refractivity contribution in [2.45, 2.75) is 51.5 Å². The third-order valence-corrected chi connectivity index (χ3v) is 6.33. The molecular weight excluding hydrogens is 342 g/mol. The Balaban J connectivity index is 1.78. The lowest BCUT2D eigenvalue weighted by atomic mass is 9.86. The summed E-state index contributed by atoms with van der Waals surface area (Å²) in [4.78, 5) is 31.8. The molecule has 3 heterocycles. The van der Waals surface area contributed by atoms with Gasteiger partial charge >= 0.3 is 0 Å². The van der Waals surface area contributed by atoms with Gasteiger partial charge in [0.05, 0.1) is 5.69 Å². The third-order valence-electron chi connectivity index (χ3n) is 6.33. The summed E-state index contributed by atoms with van der Waals surface area (Å²) in [5.41, 5.74) is 1.53. The zero-order valence-corrected chi connectivity index (χ0v) is 17.2. The highest BCUT2D eigenvalue weighted by Gasteiger charge is 2.43. The van der Waals surface area contributed by atoms with Crippen LogP contribution in [0.3, 0.4) is 0 Å². The van der Waals surface area contributed by atoms with E-state index in [1.165, 1.54) is 0 Å². The molecule has 0 aliphatic carbocycles. The fourth-order valence-electron chi connectivity index (χ4n) is 4.47. The van der Waals surface area contributed by atoms with E-state index in [1.54, 1.807) is 4.68 Å². The third kappa shape index (κ3) is 3.88. The minimum absolute atomic E-state index is 0.0581. The minimum Gasteiger partial charge on any atom is -0.343 e. The highest BCUT2D eigenvalue weighted by Crippen LogP contribution is 2.32. The lowest BCUT2D eigenvalue weighted by Crippen LogP contribution is -2.62. The average molecular weight is 376 g/mol. The first-order valence-corrected chi connectivity index (χ1v) is 10.2. The van der Waals surface area contributed by atoms with Crippen LogP contribution in [0.25, 0.3) is 0 Å². The predicted molar refractivity (Wildman–Crippen MR) is 105 cm³/mol. The maximum Gasteiger partial charge on any atom is 0.272 e. The molecule has 2 saturated heterocycles. The Morgan fingerprint density at radius 1 is 1.19 bits per heavy atom. The molecule has 0 aromatic carbocycles. The van der Waals surface area contributed by atoms with Crippen molar-refractivity contribution >= 4 is 11.8 Å². The summed E-state index contributed by atoms with van der Waals surface area (Å²) in [6.45, 7) is 7.93. The molecule has 2 aliphatic heterocycles. The maximum absolute atomic E-state index is 13.2. The number of amides is 2. The van der Waals surface area contributed by atoms with Gasteiger partial charge in [0.2, 0.25) is 5.91 Å². The number of rotatable bonds is 4. The van der Waals surface area contributed by atoms with E-state index in [9.17, 15) is 9.59 Å². The van der Waals surface area contributed by atoms with Gasteiger partial charge in [-0.25, -0.2) is 0 Å². The summed E-state index contributed by atoms with van der Waals surface area (Å²) in [7, 11) is 3.99. The summed E-state index contributed by atoms with van der Waals surface area (Å²) in [6, 6.07) is 1.94. The van der Waals surface area contributed by atoms with Crippen LogP contribution in [-0.4, -0.2) is 81.6 Å². The van der Waals surface area contributed by atoms with Gasteiger partial charge < -0.3 is 9.80 Å². The number of nitrogens with zero attached hydrogens (tertiary/aromatic N) is 5. The number of carbonyl (C=O) groups excluding carboxylic acids is 2. The second kappa shape index (κ2) is 8.00. The Labute approximate surface area is 162 Å². The van der Waals surface area contributed by atoms with Crippen LogP contribution in [0.15, 0.2) is 6.07 Å². The monoisotopic (exact) mass is 375 g/mol. The van der Waals surface area contributed by atoms with Crippen LogP contribution in [0.2, 0.25) is 0 Å². The van der Waals surface area contributed by atoms with E-state index in [0.717, 1.165) is 57.6 Å². The standard InChI is InChI=1S/C20H33N5O2/c1-5-7-16-14-17(23(4)21-16)19(27)25-13-12-22(3)20(15-25)9-8-18(26)24(6-2)11-10-20/h14H,5-13,15H2,1-4H3/t20-/m1/s1. The molecule has 150 valence electrons. The molecule has 7 nitrogen and oxygen atoms in total. The van der Waals surface area contributed by atoms with Crippen molar-refractivity contribution in [2.75, 3.05) is 39.8 Å². The first-order valence-electron chi connectivity index (χ1n) is 10.2. The molecule has 0 saturated carbocycles. The van der Waals surface area contributed by atoms with Crippen molar-refractivity contribution in [2.24, 2.45) is 7.05 Å². The molecule has 1 spiro atoms. The highest BCUT2D eigenvalue weighted by atomic mass is 16.2. The summed E-state index contributed by atoms with van der Waals surface area (Å²) in [5, 5.41) is 4.49. The first kappa shape index (κ1) is 19.9. The Morgan fingerprint density at radius 3 is 2.67 bits per heavy atom. The molecule has 0 N–H and O–H groups in total. The topological polar surface area (TPSA) is 61.7 Å². The van der Waals surface area contributed by atoms with Gasteiger partial charge in [-0.1, -0.05) is 13.3 Å². The molecule has 27 heavy (non-hydrogen) atoms. The molecule has 2 aliphatic rings. The van der Waals surface area contributed by atoms with Gasteiger partial charge in [0.25, 0.3) is 5.91 Å². The predicted octanol–water partition coefficient (Wildman–Crippen LogP) is 1.53. The second-order valence-electron chi connectivity index (χ2n) is 7.99. The zero-order valence-electron chi connectivity index (χ0n) is 17.2. The minimum atomic E-state index is -0.113. The number of likely N-dealkylation sites (N-methyl/N-ethyl adjacent to an activating group) is 1. The fourth-order valence-corrected chi connectivity index (χ4v) is 4.47. The van der Waals surface area contributed by atoms with Crippen molar-refractivity contribution in [3.63, 3.8) is 0 Å². The van der Waals surface area contributed by atoms with Crippen molar-refractivity contribution in [3.05, 3.63) is 17.5 Å². The SMILES string of the molecule is CCCc1cc(C(=O)N2CCN(C)[C@@]3(CCC(=O)N(CC)CC3)C2)n(C)n1. The molecule has 2 amide bonds. The average Bonchev–Trinajstić information content (AvgIpc) is 2.93. The van der Waals surface area contributed by atoms with Crippen molar-refractivity contribution in [1.82, 2.24) is 24.5 Å². The van der Waals surface area contributed by atoms with E-state index in [1.807, 2.05) is 29.8 Å². The summed E-state index contributed by atoms with van der Waals surface area (Å²) in [6.07, 6.45) is 4.20. The molecule has 1 aromatic heterocycles. The number of aromatic nitrogens is 2. The first-order chi connectivity index (χ1) is 12.9. The Kier molecular flexibility index (Phi) is 5.89. The van der Waals surface area contributed by atoms with Crippen molar-refractivity contribution in [1.29, 1.82) is 0 Å². The van der Waals surface area contributed by atoms with E-state index >= 15 is 0 Å². The number of likely N-dealkylation sites (tertiary alicyclic amines) is 1. The molecule has 1 atom stereocenters. The zero-order chi connectivity index (χ0) is 19.6. The van der Waals surface area contributed by atoms with Crippen molar-refractivity contribution in [3.8, 4) is 0 Å². The van der Waals surface area contributed by atoms with Crippen LogP contribution in [0, 0.1) is 0 Å². The summed E-state index contributed by atoms with van der Waals surface area (Å²) >= 11 is 0. The number of aryl methyl sites for hydroxylation is 2. The lowest BCUT2D eigenvalue weighted by molar-refractivity contribution is -0.130.